The molecule has 4 aromatic rings. The first-order valence-electron chi connectivity index (χ1n) is 7.41. The predicted molar refractivity (Wildman–Crippen MR) is 96.1 cm³/mol. The molecule has 0 atom stereocenters. The molecule has 0 aliphatic heterocycles. The number of hydrogen-bond acceptors (Lipinski definition) is 6. The van der Waals surface area contributed by atoms with Gasteiger partial charge in [0.1, 0.15) is 16.5 Å². The predicted octanol–water partition coefficient (Wildman–Crippen LogP) is 4.41. The number of nitrogens with zero attached hydrogens (tertiary/aromatic N) is 4. The lowest BCUT2D eigenvalue weighted by Gasteiger charge is -2.07. The van der Waals surface area contributed by atoms with Crippen LogP contribution >= 0.6 is 11.3 Å². The maximum atomic E-state index is 4.63. The smallest absolute Gasteiger partial charge is 0.228 e. The fourth-order valence-corrected chi connectivity index (χ4v) is 2.88. The highest BCUT2D eigenvalue weighted by Crippen LogP contribution is 2.22. The third kappa shape index (κ3) is 3.13. The summed E-state index contributed by atoms with van der Waals surface area (Å²) in [4.78, 5) is 17.7. The second-order valence-corrected chi connectivity index (χ2v) is 5.90. The first-order valence-corrected chi connectivity index (χ1v) is 8.29. The molecule has 3 aromatic heterocycles. The van der Waals surface area contributed by atoms with E-state index in [0.717, 1.165) is 22.0 Å². The van der Waals surface area contributed by atoms with Crippen molar-refractivity contribution in [3.8, 4) is 22.0 Å². The maximum absolute atomic E-state index is 4.63. The van der Waals surface area contributed by atoms with Crippen LogP contribution in [0.2, 0.25) is 0 Å². The number of nitrogens with one attached hydrogen (secondary N) is 1. The van der Waals surface area contributed by atoms with Crippen LogP contribution in [-0.2, 0) is 0 Å². The monoisotopic (exact) mass is 331 g/mol. The molecule has 5 nitrogen and oxygen atoms in total. The average Bonchev–Trinajstić information content (AvgIpc) is 3.18. The van der Waals surface area contributed by atoms with Gasteiger partial charge in [-0.25, -0.2) is 19.9 Å². The van der Waals surface area contributed by atoms with E-state index in [-0.39, 0.29) is 0 Å². The normalized spacial score (nSPS) is 10.5. The average molecular weight is 331 g/mol. The quantitative estimate of drug-likeness (QED) is 0.600. The van der Waals surface area contributed by atoms with E-state index in [1.165, 1.54) is 0 Å². The first-order chi connectivity index (χ1) is 11.9. The highest BCUT2D eigenvalue weighted by atomic mass is 32.1. The van der Waals surface area contributed by atoms with Gasteiger partial charge in [-0.3, -0.25) is 0 Å². The van der Waals surface area contributed by atoms with Crippen molar-refractivity contribution >= 4 is 23.1 Å². The lowest BCUT2D eigenvalue weighted by atomic mass is 10.1. The standard InChI is InChI=1S/C18H13N5S/c1-2-5-13(6-3-1)14-7-4-8-16(21-14)23-18-20-10-9-15(22-18)17-19-11-12-24-17/h1-12H,(H,20,21,22,23). The van der Waals surface area contributed by atoms with Gasteiger partial charge in [-0.1, -0.05) is 36.4 Å². The van der Waals surface area contributed by atoms with Gasteiger partial charge in [-0.2, -0.15) is 0 Å². The number of hydrogen-bond donors (Lipinski definition) is 1. The Bertz CT molecular complexity index is 939. The van der Waals surface area contributed by atoms with Gasteiger partial charge in [-0.15, -0.1) is 11.3 Å². The summed E-state index contributed by atoms with van der Waals surface area (Å²) in [6, 6.07) is 17.7. The number of rotatable bonds is 4. The zero-order chi connectivity index (χ0) is 16.2. The van der Waals surface area contributed by atoms with Crippen molar-refractivity contribution in [3.63, 3.8) is 0 Å². The molecule has 3 heterocycles. The summed E-state index contributed by atoms with van der Waals surface area (Å²) in [5.74, 6) is 1.20. The Kier molecular flexibility index (Phi) is 3.95. The molecule has 116 valence electrons. The minimum atomic E-state index is 0.500. The molecule has 0 saturated heterocycles. The van der Waals surface area contributed by atoms with Gasteiger partial charge in [-0.05, 0) is 18.2 Å². The summed E-state index contributed by atoms with van der Waals surface area (Å²) >= 11 is 1.55. The van der Waals surface area contributed by atoms with Crippen molar-refractivity contribution in [3.05, 3.63) is 72.4 Å². The Hall–Kier alpha value is -3.12. The maximum Gasteiger partial charge on any atom is 0.228 e. The summed E-state index contributed by atoms with van der Waals surface area (Å²) in [5.41, 5.74) is 2.76. The summed E-state index contributed by atoms with van der Waals surface area (Å²) in [6.07, 6.45) is 3.48. The minimum absolute atomic E-state index is 0.500. The van der Waals surface area contributed by atoms with Crippen molar-refractivity contribution in [2.24, 2.45) is 0 Å². The molecule has 24 heavy (non-hydrogen) atoms. The highest BCUT2D eigenvalue weighted by molar-refractivity contribution is 7.13. The molecule has 0 fully saturated rings. The van der Waals surface area contributed by atoms with Gasteiger partial charge in [0.25, 0.3) is 0 Å². The number of benzene rings is 1. The number of pyridine rings is 1. The lowest BCUT2D eigenvalue weighted by Crippen LogP contribution is -2.00. The molecule has 0 bridgehead atoms. The molecule has 0 unspecified atom stereocenters. The summed E-state index contributed by atoms with van der Waals surface area (Å²) < 4.78 is 0. The van der Waals surface area contributed by atoms with Crippen LogP contribution in [0.5, 0.6) is 0 Å². The highest BCUT2D eigenvalue weighted by Gasteiger charge is 2.06. The summed E-state index contributed by atoms with van der Waals surface area (Å²) in [5, 5.41) is 5.95. The van der Waals surface area contributed by atoms with Gasteiger partial charge in [0.15, 0.2) is 0 Å². The van der Waals surface area contributed by atoms with Crippen LogP contribution in [0.1, 0.15) is 0 Å². The van der Waals surface area contributed by atoms with Crippen LogP contribution in [-0.4, -0.2) is 19.9 Å². The Labute approximate surface area is 143 Å². The van der Waals surface area contributed by atoms with Gasteiger partial charge in [0, 0.05) is 23.3 Å². The van der Waals surface area contributed by atoms with Gasteiger partial charge >= 0.3 is 0 Å². The van der Waals surface area contributed by atoms with E-state index in [0.29, 0.717) is 11.8 Å². The SMILES string of the molecule is c1ccc(-c2cccc(Nc3nccc(-c4nccs4)n3)n2)cc1. The molecule has 0 aliphatic carbocycles. The molecule has 1 aromatic carbocycles. The fourth-order valence-electron chi connectivity index (χ4n) is 2.28. The molecule has 0 spiro atoms. The van der Waals surface area contributed by atoms with Crippen molar-refractivity contribution in [2.75, 3.05) is 5.32 Å². The van der Waals surface area contributed by atoms with Crippen LogP contribution in [0, 0.1) is 0 Å². The Balaban J connectivity index is 1.61. The van der Waals surface area contributed by atoms with E-state index in [1.54, 1.807) is 23.7 Å². The minimum Gasteiger partial charge on any atom is -0.309 e. The molecule has 1 N–H and O–H groups in total. The lowest BCUT2D eigenvalue weighted by molar-refractivity contribution is 1.15. The van der Waals surface area contributed by atoms with E-state index < -0.39 is 0 Å². The number of anilines is 2. The first kappa shape index (κ1) is 14.5. The Morgan fingerprint density at radius 3 is 2.50 bits per heavy atom. The van der Waals surface area contributed by atoms with Crippen molar-refractivity contribution < 1.29 is 0 Å². The molecule has 0 amide bonds. The van der Waals surface area contributed by atoms with Crippen LogP contribution in [0.25, 0.3) is 22.0 Å². The van der Waals surface area contributed by atoms with Gasteiger partial charge in [0.05, 0.1) is 5.69 Å². The second kappa shape index (κ2) is 6.55. The van der Waals surface area contributed by atoms with E-state index in [4.69, 9.17) is 0 Å². The Morgan fingerprint density at radius 2 is 1.67 bits per heavy atom. The van der Waals surface area contributed by atoms with E-state index >= 15 is 0 Å². The second-order valence-electron chi connectivity index (χ2n) is 5.00. The number of aromatic nitrogens is 4. The third-order valence-electron chi connectivity index (χ3n) is 3.37. The summed E-state index contributed by atoms with van der Waals surface area (Å²) in [6.45, 7) is 0. The molecule has 0 saturated carbocycles. The van der Waals surface area contributed by atoms with Gasteiger partial charge in [0.2, 0.25) is 5.95 Å². The van der Waals surface area contributed by atoms with Crippen molar-refractivity contribution in [1.82, 2.24) is 19.9 Å². The van der Waals surface area contributed by atoms with Crippen LogP contribution in [0.15, 0.2) is 72.4 Å². The third-order valence-corrected chi connectivity index (χ3v) is 4.16. The molecular formula is C18H13N5S. The molecule has 0 aliphatic rings. The number of thiazole rings is 1. The van der Waals surface area contributed by atoms with Crippen molar-refractivity contribution in [1.29, 1.82) is 0 Å². The van der Waals surface area contributed by atoms with Crippen LogP contribution < -0.4 is 5.32 Å². The van der Waals surface area contributed by atoms with Crippen LogP contribution in [0.3, 0.4) is 0 Å². The summed E-state index contributed by atoms with van der Waals surface area (Å²) in [7, 11) is 0. The Morgan fingerprint density at radius 1 is 0.750 bits per heavy atom. The zero-order valence-electron chi connectivity index (χ0n) is 12.6. The zero-order valence-corrected chi connectivity index (χ0v) is 13.4. The topological polar surface area (TPSA) is 63.6 Å². The molecule has 0 radical (unpaired) electrons. The van der Waals surface area contributed by atoms with E-state index in [1.807, 2.05) is 60.0 Å². The van der Waals surface area contributed by atoms with Crippen molar-refractivity contribution in [2.45, 2.75) is 0 Å². The largest absolute Gasteiger partial charge is 0.309 e. The molecule has 6 heteroatoms. The molecule has 4 rings (SSSR count). The van der Waals surface area contributed by atoms with Gasteiger partial charge < -0.3 is 5.32 Å². The fraction of sp³-hybridized carbons (Fsp3) is 0. The van der Waals surface area contributed by atoms with E-state index in [9.17, 15) is 0 Å². The molecular weight excluding hydrogens is 318 g/mol. The van der Waals surface area contributed by atoms with Crippen LogP contribution in [0.4, 0.5) is 11.8 Å². The van der Waals surface area contributed by atoms with E-state index in [2.05, 4.69) is 25.3 Å².